The van der Waals surface area contributed by atoms with E-state index in [1.807, 2.05) is 38.1 Å². The molecule has 1 atom stereocenters. The van der Waals surface area contributed by atoms with Crippen molar-refractivity contribution in [1.82, 2.24) is 9.62 Å². The maximum Gasteiger partial charge on any atom is 0.255 e. The molecule has 1 aliphatic heterocycles. The summed E-state index contributed by atoms with van der Waals surface area (Å²) in [5.41, 5.74) is 2.33. The number of sulfonamides is 1. The maximum atomic E-state index is 13.0. The lowest BCUT2D eigenvalue weighted by Crippen LogP contribution is -2.35. The van der Waals surface area contributed by atoms with E-state index in [1.165, 1.54) is 23.5 Å². The number of piperidine rings is 1. The van der Waals surface area contributed by atoms with Gasteiger partial charge in [0.2, 0.25) is 10.0 Å². The van der Waals surface area contributed by atoms with Gasteiger partial charge in [0.25, 0.3) is 5.91 Å². The molecule has 3 rings (SSSR count). The first-order valence-corrected chi connectivity index (χ1v) is 11.3. The van der Waals surface area contributed by atoms with Gasteiger partial charge in [-0.2, -0.15) is 4.31 Å². The molecule has 1 N–H and O–H groups in total. The van der Waals surface area contributed by atoms with Crippen LogP contribution in [0.4, 0.5) is 0 Å². The number of nitrogens with one attached hydrogen (secondary N) is 1. The summed E-state index contributed by atoms with van der Waals surface area (Å²) in [6, 6.07) is 12.2. The lowest BCUT2D eigenvalue weighted by molar-refractivity contribution is 0.0936. The van der Waals surface area contributed by atoms with Gasteiger partial charge in [-0.3, -0.25) is 4.79 Å². The van der Waals surface area contributed by atoms with Crippen molar-refractivity contribution in [1.29, 1.82) is 0 Å². The molecule has 0 aliphatic carbocycles. The van der Waals surface area contributed by atoms with Crippen LogP contribution < -0.4 is 10.1 Å². The van der Waals surface area contributed by atoms with Crippen LogP contribution in [0.3, 0.4) is 0 Å². The maximum absolute atomic E-state index is 13.0. The van der Waals surface area contributed by atoms with Gasteiger partial charge in [0.1, 0.15) is 5.75 Å². The molecule has 2 aromatic rings. The highest BCUT2D eigenvalue weighted by Crippen LogP contribution is 2.27. The zero-order chi connectivity index (χ0) is 21.0. The topological polar surface area (TPSA) is 75.7 Å². The Morgan fingerprint density at radius 1 is 1.07 bits per heavy atom. The number of hydrogen-bond donors (Lipinski definition) is 1. The molecule has 1 aliphatic rings. The molecule has 1 fully saturated rings. The zero-order valence-corrected chi connectivity index (χ0v) is 18.0. The number of ether oxygens (including phenoxy) is 1. The van der Waals surface area contributed by atoms with E-state index in [0.717, 1.165) is 30.4 Å². The Kier molecular flexibility index (Phi) is 6.59. The minimum atomic E-state index is -3.63. The van der Waals surface area contributed by atoms with Crippen molar-refractivity contribution in [2.75, 3.05) is 20.2 Å². The molecule has 2 aromatic carbocycles. The van der Waals surface area contributed by atoms with Crippen LogP contribution in [0.1, 0.15) is 53.7 Å². The lowest BCUT2D eigenvalue weighted by Gasteiger charge is -2.26. The van der Waals surface area contributed by atoms with Crippen LogP contribution >= 0.6 is 0 Å². The number of nitrogens with zero attached hydrogens (tertiary/aromatic N) is 1. The number of amides is 1. The van der Waals surface area contributed by atoms with E-state index < -0.39 is 10.0 Å². The van der Waals surface area contributed by atoms with Crippen LogP contribution in [-0.2, 0) is 10.0 Å². The van der Waals surface area contributed by atoms with Gasteiger partial charge in [0.15, 0.2) is 0 Å². The van der Waals surface area contributed by atoms with Crippen LogP contribution in [0.5, 0.6) is 5.75 Å². The summed E-state index contributed by atoms with van der Waals surface area (Å²) in [5.74, 6) is -0.0261. The highest BCUT2D eigenvalue weighted by Gasteiger charge is 2.28. The largest absolute Gasteiger partial charge is 0.496 e. The third-order valence-electron chi connectivity index (χ3n) is 5.29. The van der Waals surface area contributed by atoms with Crippen molar-refractivity contribution in [3.8, 4) is 5.75 Å². The monoisotopic (exact) mass is 416 g/mol. The highest BCUT2D eigenvalue weighted by atomic mass is 32.2. The quantitative estimate of drug-likeness (QED) is 0.780. The highest BCUT2D eigenvalue weighted by molar-refractivity contribution is 7.89. The van der Waals surface area contributed by atoms with Gasteiger partial charge in [-0.15, -0.1) is 0 Å². The van der Waals surface area contributed by atoms with Crippen LogP contribution in [0.2, 0.25) is 0 Å². The van der Waals surface area contributed by atoms with E-state index >= 15 is 0 Å². The fourth-order valence-corrected chi connectivity index (χ4v) is 5.04. The third-order valence-corrected chi connectivity index (χ3v) is 7.19. The van der Waals surface area contributed by atoms with Crippen molar-refractivity contribution in [3.63, 3.8) is 0 Å². The third kappa shape index (κ3) is 4.79. The standard InChI is InChI=1S/C22H28N2O4S/c1-16-7-9-18(10-8-16)17(2)23-22(25)20-15-19(11-12-21(20)28-3)29(26,27)24-13-5-4-6-14-24/h7-12,15,17H,4-6,13-14H2,1-3H3,(H,23,25)/t17-/m0/s1. The van der Waals surface area contributed by atoms with Crippen molar-refractivity contribution in [2.45, 2.75) is 44.0 Å². The van der Waals surface area contributed by atoms with Crippen LogP contribution in [-0.4, -0.2) is 38.8 Å². The second-order valence-corrected chi connectivity index (χ2v) is 9.37. The molecule has 0 bridgehead atoms. The number of carbonyl (C=O) groups excluding carboxylic acids is 1. The first kappa shape index (κ1) is 21.3. The summed E-state index contributed by atoms with van der Waals surface area (Å²) >= 11 is 0. The van der Waals surface area contributed by atoms with Gasteiger partial charge >= 0.3 is 0 Å². The summed E-state index contributed by atoms with van der Waals surface area (Å²) in [7, 11) is -2.16. The molecule has 1 saturated heterocycles. The molecule has 7 heteroatoms. The number of methoxy groups -OCH3 is 1. The molecule has 6 nitrogen and oxygen atoms in total. The molecule has 0 aromatic heterocycles. The molecule has 0 saturated carbocycles. The van der Waals surface area contributed by atoms with Crippen molar-refractivity contribution >= 4 is 15.9 Å². The second kappa shape index (κ2) is 8.97. The SMILES string of the molecule is COc1ccc(S(=O)(=O)N2CCCCC2)cc1C(=O)N[C@@H](C)c1ccc(C)cc1. The molecular formula is C22H28N2O4S. The summed E-state index contributed by atoms with van der Waals surface area (Å²) in [4.78, 5) is 13.0. The molecule has 1 amide bonds. The number of hydrogen-bond acceptors (Lipinski definition) is 4. The normalized spacial score (nSPS) is 16.2. The fraction of sp³-hybridized carbons (Fsp3) is 0.409. The Morgan fingerprint density at radius 2 is 1.72 bits per heavy atom. The molecule has 29 heavy (non-hydrogen) atoms. The van der Waals surface area contributed by atoms with E-state index in [0.29, 0.717) is 18.8 Å². The van der Waals surface area contributed by atoms with Crippen molar-refractivity contribution in [3.05, 3.63) is 59.2 Å². The summed E-state index contributed by atoms with van der Waals surface area (Å²) in [6.07, 6.45) is 2.76. The molecule has 0 radical (unpaired) electrons. The summed E-state index contributed by atoms with van der Waals surface area (Å²) in [5, 5.41) is 2.94. The average Bonchev–Trinajstić information content (AvgIpc) is 2.74. The Hall–Kier alpha value is -2.38. The van der Waals surface area contributed by atoms with E-state index in [1.54, 1.807) is 6.07 Å². The van der Waals surface area contributed by atoms with Crippen LogP contribution in [0.15, 0.2) is 47.4 Å². The number of aryl methyl sites for hydroxylation is 1. The Bertz CT molecular complexity index is 965. The molecule has 156 valence electrons. The molecule has 0 spiro atoms. The predicted molar refractivity (Wildman–Crippen MR) is 113 cm³/mol. The first-order valence-electron chi connectivity index (χ1n) is 9.88. The zero-order valence-electron chi connectivity index (χ0n) is 17.1. The fourth-order valence-electron chi connectivity index (χ4n) is 3.49. The Balaban J connectivity index is 1.86. The van der Waals surface area contributed by atoms with Gasteiger partial charge < -0.3 is 10.1 Å². The van der Waals surface area contributed by atoms with E-state index in [-0.39, 0.29) is 22.4 Å². The Morgan fingerprint density at radius 3 is 2.34 bits per heavy atom. The van der Waals surface area contributed by atoms with Gasteiger partial charge in [-0.25, -0.2) is 8.42 Å². The van der Waals surface area contributed by atoms with Crippen LogP contribution in [0.25, 0.3) is 0 Å². The van der Waals surface area contributed by atoms with Gasteiger partial charge in [-0.1, -0.05) is 36.2 Å². The minimum absolute atomic E-state index is 0.119. The molecule has 0 unspecified atom stereocenters. The number of rotatable bonds is 6. The number of benzene rings is 2. The van der Waals surface area contributed by atoms with E-state index in [9.17, 15) is 13.2 Å². The summed E-state index contributed by atoms with van der Waals surface area (Å²) < 4.78 is 32.8. The summed E-state index contributed by atoms with van der Waals surface area (Å²) in [6.45, 7) is 4.93. The molecular weight excluding hydrogens is 388 g/mol. The smallest absolute Gasteiger partial charge is 0.255 e. The van der Waals surface area contributed by atoms with E-state index in [4.69, 9.17) is 4.74 Å². The van der Waals surface area contributed by atoms with Crippen molar-refractivity contribution in [2.24, 2.45) is 0 Å². The van der Waals surface area contributed by atoms with Gasteiger partial charge in [0, 0.05) is 13.1 Å². The minimum Gasteiger partial charge on any atom is -0.496 e. The molecule has 1 heterocycles. The lowest BCUT2D eigenvalue weighted by atomic mass is 10.1. The Labute approximate surface area is 172 Å². The van der Waals surface area contributed by atoms with Crippen LogP contribution in [0, 0.1) is 6.92 Å². The predicted octanol–water partition coefficient (Wildman–Crippen LogP) is 3.67. The number of carbonyl (C=O) groups is 1. The average molecular weight is 417 g/mol. The van der Waals surface area contributed by atoms with E-state index in [2.05, 4.69) is 5.32 Å². The van der Waals surface area contributed by atoms with Crippen molar-refractivity contribution < 1.29 is 17.9 Å². The first-order chi connectivity index (χ1) is 13.8. The van der Waals surface area contributed by atoms with Gasteiger partial charge in [-0.05, 0) is 50.5 Å². The van der Waals surface area contributed by atoms with Gasteiger partial charge in [0.05, 0.1) is 23.6 Å². The second-order valence-electron chi connectivity index (χ2n) is 7.43.